The molecular formula is C19H35N. The predicted octanol–water partition coefficient (Wildman–Crippen LogP) is 4.86. The first kappa shape index (κ1) is 14.9. The van der Waals surface area contributed by atoms with Crippen molar-refractivity contribution in [2.75, 3.05) is 0 Å². The Labute approximate surface area is 126 Å². The van der Waals surface area contributed by atoms with Crippen LogP contribution >= 0.6 is 0 Å². The van der Waals surface area contributed by atoms with Crippen LogP contribution in [0.15, 0.2) is 0 Å². The Kier molecular flexibility index (Phi) is 4.45. The van der Waals surface area contributed by atoms with Crippen LogP contribution in [0, 0.1) is 35.5 Å². The molecule has 2 bridgehead atoms. The van der Waals surface area contributed by atoms with Crippen LogP contribution < -0.4 is 5.32 Å². The van der Waals surface area contributed by atoms with Crippen LogP contribution in [-0.2, 0) is 0 Å². The molecule has 5 atom stereocenters. The molecule has 20 heavy (non-hydrogen) atoms. The van der Waals surface area contributed by atoms with Gasteiger partial charge in [0, 0.05) is 12.1 Å². The van der Waals surface area contributed by atoms with Crippen molar-refractivity contribution >= 4 is 0 Å². The lowest BCUT2D eigenvalue weighted by molar-refractivity contribution is 0.186. The van der Waals surface area contributed by atoms with Crippen molar-refractivity contribution in [2.24, 2.45) is 35.5 Å². The number of rotatable bonds is 6. The van der Waals surface area contributed by atoms with Crippen molar-refractivity contribution in [1.29, 1.82) is 0 Å². The lowest BCUT2D eigenvalue weighted by Crippen LogP contribution is -2.45. The van der Waals surface area contributed by atoms with Gasteiger partial charge < -0.3 is 5.32 Å². The quantitative estimate of drug-likeness (QED) is 0.731. The molecule has 3 aliphatic carbocycles. The molecule has 3 rings (SSSR count). The summed E-state index contributed by atoms with van der Waals surface area (Å²) >= 11 is 0. The highest BCUT2D eigenvalue weighted by atomic mass is 15.0. The van der Waals surface area contributed by atoms with Crippen molar-refractivity contribution in [1.82, 2.24) is 5.32 Å². The summed E-state index contributed by atoms with van der Waals surface area (Å²) in [5, 5.41) is 4.12. The lowest BCUT2D eigenvalue weighted by Gasteiger charge is -2.35. The van der Waals surface area contributed by atoms with Gasteiger partial charge in [-0.1, -0.05) is 34.1 Å². The van der Waals surface area contributed by atoms with Crippen LogP contribution in [0.2, 0.25) is 0 Å². The van der Waals surface area contributed by atoms with E-state index in [0.29, 0.717) is 0 Å². The minimum absolute atomic E-state index is 0.763. The number of hydrogen-bond acceptors (Lipinski definition) is 1. The summed E-state index contributed by atoms with van der Waals surface area (Å²) in [6.07, 6.45) is 10.4. The first-order valence-electron chi connectivity index (χ1n) is 9.30. The molecule has 1 N–H and O–H groups in total. The monoisotopic (exact) mass is 277 g/mol. The average molecular weight is 277 g/mol. The Morgan fingerprint density at radius 1 is 0.850 bits per heavy atom. The van der Waals surface area contributed by atoms with E-state index in [1.807, 2.05) is 0 Å². The Morgan fingerprint density at radius 2 is 1.50 bits per heavy atom. The van der Waals surface area contributed by atoms with Gasteiger partial charge >= 0.3 is 0 Å². The SMILES string of the molecule is CC(C)CC(CC(C)C)NC1CC2CC1C1CCCC21. The minimum atomic E-state index is 0.763. The second-order valence-electron chi connectivity index (χ2n) is 8.88. The Morgan fingerprint density at radius 3 is 2.15 bits per heavy atom. The van der Waals surface area contributed by atoms with Crippen molar-refractivity contribution in [3.8, 4) is 0 Å². The molecule has 3 saturated carbocycles. The summed E-state index contributed by atoms with van der Waals surface area (Å²) in [7, 11) is 0. The fraction of sp³-hybridized carbons (Fsp3) is 1.00. The molecule has 0 amide bonds. The number of hydrogen-bond donors (Lipinski definition) is 1. The first-order chi connectivity index (χ1) is 9.54. The third-order valence-electron chi connectivity index (χ3n) is 6.39. The Balaban J connectivity index is 1.59. The van der Waals surface area contributed by atoms with Crippen molar-refractivity contribution in [2.45, 2.75) is 84.7 Å². The predicted molar refractivity (Wildman–Crippen MR) is 86.7 cm³/mol. The molecular weight excluding hydrogens is 242 g/mol. The maximum atomic E-state index is 4.12. The topological polar surface area (TPSA) is 12.0 Å². The third kappa shape index (κ3) is 2.93. The fourth-order valence-electron chi connectivity index (χ4n) is 5.93. The highest BCUT2D eigenvalue weighted by Gasteiger charge is 2.53. The largest absolute Gasteiger partial charge is 0.311 e. The van der Waals surface area contributed by atoms with Crippen LogP contribution in [0.5, 0.6) is 0 Å². The molecule has 0 spiro atoms. The smallest absolute Gasteiger partial charge is 0.0103 e. The van der Waals surface area contributed by atoms with E-state index in [4.69, 9.17) is 0 Å². The Bertz CT molecular complexity index is 312. The lowest BCUT2D eigenvalue weighted by atomic mass is 9.78. The van der Waals surface area contributed by atoms with Gasteiger partial charge in [-0.25, -0.2) is 0 Å². The maximum absolute atomic E-state index is 4.12. The molecule has 5 unspecified atom stereocenters. The van der Waals surface area contributed by atoms with E-state index in [1.165, 1.54) is 25.7 Å². The van der Waals surface area contributed by atoms with Crippen LogP contribution in [0.3, 0.4) is 0 Å². The third-order valence-corrected chi connectivity index (χ3v) is 6.39. The van der Waals surface area contributed by atoms with Crippen molar-refractivity contribution < 1.29 is 0 Å². The van der Waals surface area contributed by atoms with E-state index >= 15 is 0 Å². The number of nitrogens with one attached hydrogen (secondary N) is 1. The summed E-state index contributed by atoms with van der Waals surface area (Å²) < 4.78 is 0. The van der Waals surface area contributed by atoms with Gasteiger partial charge in [0.15, 0.2) is 0 Å². The Hall–Kier alpha value is -0.0400. The van der Waals surface area contributed by atoms with Crippen LogP contribution in [-0.4, -0.2) is 12.1 Å². The van der Waals surface area contributed by atoms with E-state index in [9.17, 15) is 0 Å². The standard InChI is InChI=1S/C19H35N/c1-12(2)8-15(9-13(3)4)20-19-11-14-10-18(19)17-7-5-6-16(14)17/h12-20H,5-11H2,1-4H3. The second kappa shape index (κ2) is 5.99. The summed E-state index contributed by atoms with van der Waals surface area (Å²) in [6, 6.07) is 1.63. The summed E-state index contributed by atoms with van der Waals surface area (Å²) in [5.74, 6) is 6.00. The molecule has 116 valence electrons. The number of fused-ring (bicyclic) bond motifs is 5. The normalized spacial score (nSPS) is 39.5. The van der Waals surface area contributed by atoms with Gasteiger partial charge in [0.05, 0.1) is 0 Å². The molecule has 0 aromatic carbocycles. The van der Waals surface area contributed by atoms with Gasteiger partial charge in [-0.15, -0.1) is 0 Å². The second-order valence-corrected chi connectivity index (χ2v) is 8.88. The fourth-order valence-corrected chi connectivity index (χ4v) is 5.93. The zero-order valence-electron chi connectivity index (χ0n) is 14.1. The van der Waals surface area contributed by atoms with Crippen LogP contribution in [0.25, 0.3) is 0 Å². The van der Waals surface area contributed by atoms with Crippen LogP contribution in [0.4, 0.5) is 0 Å². The first-order valence-corrected chi connectivity index (χ1v) is 9.30. The van der Waals surface area contributed by atoms with Gasteiger partial charge in [0.2, 0.25) is 0 Å². The molecule has 3 fully saturated rings. The summed E-state index contributed by atoms with van der Waals surface area (Å²) in [5.41, 5.74) is 0. The van der Waals surface area contributed by atoms with Gasteiger partial charge in [-0.3, -0.25) is 0 Å². The zero-order chi connectivity index (χ0) is 14.3. The maximum Gasteiger partial charge on any atom is 0.0103 e. The van der Waals surface area contributed by atoms with Gasteiger partial charge in [0.1, 0.15) is 0 Å². The molecule has 3 aliphatic rings. The van der Waals surface area contributed by atoms with E-state index < -0.39 is 0 Å². The molecule has 0 aliphatic heterocycles. The molecule has 1 nitrogen and oxygen atoms in total. The molecule has 0 aromatic rings. The zero-order valence-corrected chi connectivity index (χ0v) is 14.1. The molecule has 0 heterocycles. The highest BCUT2D eigenvalue weighted by molar-refractivity contribution is 5.06. The van der Waals surface area contributed by atoms with E-state index in [1.54, 1.807) is 19.3 Å². The molecule has 1 heteroatoms. The van der Waals surface area contributed by atoms with E-state index in [-0.39, 0.29) is 0 Å². The summed E-state index contributed by atoms with van der Waals surface area (Å²) in [4.78, 5) is 0. The minimum Gasteiger partial charge on any atom is -0.311 e. The average Bonchev–Trinajstić information content (AvgIpc) is 2.96. The summed E-state index contributed by atoms with van der Waals surface area (Å²) in [6.45, 7) is 9.51. The van der Waals surface area contributed by atoms with Crippen molar-refractivity contribution in [3.05, 3.63) is 0 Å². The van der Waals surface area contributed by atoms with Gasteiger partial charge in [-0.2, -0.15) is 0 Å². The highest BCUT2D eigenvalue weighted by Crippen LogP contribution is 2.58. The van der Waals surface area contributed by atoms with Gasteiger partial charge in [0.25, 0.3) is 0 Å². The van der Waals surface area contributed by atoms with Crippen molar-refractivity contribution in [3.63, 3.8) is 0 Å². The molecule has 0 radical (unpaired) electrons. The van der Waals surface area contributed by atoms with E-state index in [0.717, 1.165) is 47.6 Å². The molecule has 0 aromatic heterocycles. The van der Waals surface area contributed by atoms with E-state index in [2.05, 4.69) is 33.0 Å². The van der Waals surface area contributed by atoms with Crippen LogP contribution in [0.1, 0.15) is 72.6 Å². The molecule has 0 saturated heterocycles. The van der Waals surface area contributed by atoms with Gasteiger partial charge in [-0.05, 0) is 74.0 Å².